The highest BCUT2D eigenvalue weighted by molar-refractivity contribution is 5.73. The van der Waals surface area contributed by atoms with Crippen molar-refractivity contribution >= 4 is 5.97 Å². The number of ether oxygens (including phenoxy) is 2. The van der Waals surface area contributed by atoms with Crippen LogP contribution in [-0.2, 0) is 14.3 Å². The first-order valence-corrected chi connectivity index (χ1v) is 6.76. The van der Waals surface area contributed by atoms with Gasteiger partial charge in [0, 0.05) is 5.41 Å². The zero-order valence-electron chi connectivity index (χ0n) is 9.67. The Balaban J connectivity index is 1.56. The van der Waals surface area contributed by atoms with E-state index in [9.17, 15) is 4.79 Å². The molecule has 1 saturated carbocycles. The van der Waals surface area contributed by atoms with E-state index in [0.29, 0.717) is 37.1 Å². The highest BCUT2D eigenvalue weighted by Gasteiger charge is 2.69. The predicted octanol–water partition coefficient (Wildman–Crippen LogP) is 1.53. The summed E-state index contributed by atoms with van der Waals surface area (Å²) in [5, 5.41) is 0. The molecule has 0 aromatic heterocycles. The van der Waals surface area contributed by atoms with Crippen LogP contribution in [0.2, 0.25) is 0 Å². The van der Waals surface area contributed by atoms with Crippen molar-refractivity contribution in [1.29, 1.82) is 0 Å². The van der Waals surface area contributed by atoms with E-state index in [2.05, 4.69) is 12.2 Å². The number of rotatable bonds is 0. The molecular formula is C14H16O3. The fourth-order valence-corrected chi connectivity index (χ4v) is 5.40. The minimum Gasteiger partial charge on any atom is -0.465 e. The quantitative estimate of drug-likeness (QED) is 0.469. The molecule has 3 saturated heterocycles. The zero-order valence-corrected chi connectivity index (χ0v) is 9.67. The molecule has 2 aliphatic carbocycles. The van der Waals surface area contributed by atoms with Crippen LogP contribution in [0.5, 0.6) is 0 Å². The standard InChI is InChI=1S/C14H16O3/c15-10-5-14(6-16-10)4-9-11-7-1-2-8(3-7)12(11)13(14)17-9/h1-2,7-9,11-13H,3-6H2. The van der Waals surface area contributed by atoms with Gasteiger partial charge < -0.3 is 9.47 Å². The molecule has 7 unspecified atom stereocenters. The molecule has 0 radical (unpaired) electrons. The van der Waals surface area contributed by atoms with Gasteiger partial charge >= 0.3 is 5.97 Å². The van der Waals surface area contributed by atoms with Crippen LogP contribution in [0.4, 0.5) is 0 Å². The van der Waals surface area contributed by atoms with E-state index in [0.717, 1.165) is 18.3 Å². The van der Waals surface area contributed by atoms with Crippen LogP contribution >= 0.6 is 0 Å². The van der Waals surface area contributed by atoms with Crippen LogP contribution in [0.1, 0.15) is 19.3 Å². The van der Waals surface area contributed by atoms with Crippen LogP contribution < -0.4 is 0 Å². The lowest BCUT2D eigenvalue weighted by molar-refractivity contribution is -0.137. The maximum atomic E-state index is 11.4. The van der Waals surface area contributed by atoms with Crippen LogP contribution in [0.25, 0.3) is 0 Å². The number of fused-ring (bicyclic) bond motifs is 10. The number of carbonyl (C=O) groups is 1. The summed E-state index contributed by atoms with van der Waals surface area (Å²) < 4.78 is 11.5. The van der Waals surface area contributed by atoms with Crippen molar-refractivity contribution in [3.63, 3.8) is 0 Å². The smallest absolute Gasteiger partial charge is 0.306 e. The Bertz CT molecular complexity index is 443. The lowest BCUT2D eigenvalue weighted by atomic mass is 9.62. The van der Waals surface area contributed by atoms with E-state index in [1.807, 2.05) is 0 Å². The van der Waals surface area contributed by atoms with Gasteiger partial charge in [-0.2, -0.15) is 0 Å². The van der Waals surface area contributed by atoms with E-state index < -0.39 is 0 Å². The predicted molar refractivity (Wildman–Crippen MR) is 59.0 cm³/mol. The van der Waals surface area contributed by atoms with Gasteiger partial charge in [-0.15, -0.1) is 0 Å². The summed E-state index contributed by atoms with van der Waals surface area (Å²) in [6.07, 6.45) is 8.47. The Hall–Kier alpha value is -0.830. The molecular weight excluding hydrogens is 216 g/mol. The van der Waals surface area contributed by atoms with Gasteiger partial charge in [-0.25, -0.2) is 0 Å². The zero-order chi connectivity index (χ0) is 11.2. The number of allylic oxidation sites excluding steroid dienone is 2. The molecule has 5 aliphatic rings. The minimum atomic E-state index is -0.0172. The Morgan fingerprint density at radius 1 is 1.24 bits per heavy atom. The molecule has 0 amide bonds. The summed E-state index contributed by atoms with van der Waals surface area (Å²) in [6.45, 7) is 0.608. The molecule has 3 heteroatoms. The van der Waals surface area contributed by atoms with E-state index >= 15 is 0 Å². The SMILES string of the molecule is O=C1CC2(CO1)CC1OC2C2C3C=CC(C3)C12. The molecule has 4 bridgehead atoms. The van der Waals surface area contributed by atoms with Crippen molar-refractivity contribution in [3.8, 4) is 0 Å². The third-order valence-corrected chi connectivity index (χ3v) is 5.91. The van der Waals surface area contributed by atoms with E-state index in [4.69, 9.17) is 9.47 Å². The molecule has 1 spiro atoms. The number of hydrogen-bond donors (Lipinski definition) is 0. The van der Waals surface area contributed by atoms with Gasteiger partial charge in [0.05, 0.1) is 18.6 Å². The Kier molecular flexibility index (Phi) is 1.40. The summed E-state index contributed by atoms with van der Waals surface area (Å²) in [5.74, 6) is 2.88. The molecule has 7 atom stereocenters. The van der Waals surface area contributed by atoms with Crippen LogP contribution in [0.15, 0.2) is 12.2 Å². The number of carbonyl (C=O) groups excluding carboxylic acids is 1. The van der Waals surface area contributed by atoms with Gasteiger partial charge in [0.15, 0.2) is 0 Å². The molecule has 3 heterocycles. The second-order valence-electron chi connectivity index (χ2n) is 6.60. The van der Waals surface area contributed by atoms with Crippen LogP contribution in [-0.4, -0.2) is 24.8 Å². The van der Waals surface area contributed by atoms with Crippen molar-refractivity contribution < 1.29 is 14.3 Å². The molecule has 0 aromatic rings. The monoisotopic (exact) mass is 232 g/mol. The molecule has 4 fully saturated rings. The van der Waals surface area contributed by atoms with Crippen molar-refractivity contribution in [2.24, 2.45) is 29.1 Å². The first kappa shape index (κ1) is 9.15. The Labute approximate surface area is 100 Å². The van der Waals surface area contributed by atoms with Gasteiger partial charge in [-0.3, -0.25) is 4.79 Å². The van der Waals surface area contributed by atoms with E-state index in [1.54, 1.807) is 0 Å². The Morgan fingerprint density at radius 3 is 2.82 bits per heavy atom. The summed E-state index contributed by atoms with van der Waals surface area (Å²) in [4.78, 5) is 11.4. The molecule has 3 aliphatic heterocycles. The van der Waals surface area contributed by atoms with E-state index in [-0.39, 0.29) is 11.4 Å². The lowest BCUT2D eigenvalue weighted by Crippen LogP contribution is -2.44. The lowest BCUT2D eigenvalue weighted by Gasteiger charge is -2.38. The topological polar surface area (TPSA) is 35.5 Å². The maximum Gasteiger partial charge on any atom is 0.306 e. The molecule has 0 aromatic carbocycles. The highest BCUT2D eigenvalue weighted by Crippen LogP contribution is 2.66. The summed E-state index contributed by atoms with van der Waals surface area (Å²) in [5.41, 5.74) is 0.0429. The normalized spacial score (nSPS) is 61.5. The van der Waals surface area contributed by atoms with Gasteiger partial charge in [0.2, 0.25) is 0 Å². The van der Waals surface area contributed by atoms with Crippen molar-refractivity contribution in [1.82, 2.24) is 0 Å². The maximum absolute atomic E-state index is 11.4. The van der Waals surface area contributed by atoms with Gasteiger partial charge in [0.1, 0.15) is 6.61 Å². The van der Waals surface area contributed by atoms with Gasteiger partial charge in [-0.1, -0.05) is 12.2 Å². The first-order chi connectivity index (χ1) is 8.27. The molecule has 90 valence electrons. The highest BCUT2D eigenvalue weighted by atomic mass is 16.6. The first-order valence-electron chi connectivity index (χ1n) is 6.76. The number of hydrogen-bond acceptors (Lipinski definition) is 3. The Morgan fingerprint density at radius 2 is 2.06 bits per heavy atom. The third-order valence-electron chi connectivity index (χ3n) is 5.91. The average molecular weight is 232 g/mol. The summed E-state index contributed by atoms with van der Waals surface area (Å²) >= 11 is 0. The molecule has 5 rings (SSSR count). The van der Waals surface area contributed by atoms with Crippen LogP contribution in [0, 0.1) is 29.1 Å². The van der Waals surface area contributed by atoms with Crippen molar-refractivity contribution in [2.75, 3.05) is 6.61 Å². The van der Waals surface area contributed by atoms with Crippen LogP contribution in [0.3, 0.4) is 0 Å². The number of cyclic esters (lactones) is 1. The molecule has 17 heavy (non-hydrogen) atoms. The fourth-order valence-electron chi connectivity index (χ4n) is 5.40. The fraction of sp³-hybridized carbons (Fsp3) is 0.786. The molecule has 0 N–H and O–H groups in total. The summed E-state index contributed by atoms with van der Waals surface area (Å²) in [7, 11) is 0. The van der Waals surface area contributed by atoms with E-state index in [1.165, 1.54) is 6.42 Å². The number of esters is 1. The minimum absolute atomic E-state index is 0.0172. The average Bonchev–Trinajstić information content (AvgIpc) is 3.04. The summed E-state index contributed by atoms with van der Waals surface area (Å²) in [6, 6.07) is 0. The van der Waals surface area contributed by atoms with Gasteiger partial charge in [0.25, 0.3) is 0 Å². The second kappa shape index (κ2) is 2.61. The second-order valence-corrected chi connectivity index (χ2v) is 6.60. The van der Waals surface area contributed by atoms with Gasteiger partial charge in [-0.05, 0) is 36.5 Å². The largest absolute Gasteiger partial charge is 0.465 e. The third kappa shape index (κ3) is 0.897. The van der Waals surface area contributed by atoms with Crippen molar-refractivity contribution in [3.05, 3.63) is 12.2 Å². The molecule has 3 nitrogen and oxygen atoms in total. The van der Waals surface area contributed by atoms with Crippen molar-refractivity contribution in [2.45, 2.75) is 31.5 Å².